The van der Waals surface area contributed by atoms with Crippen molar-refractivity contribution in [1.29, 1.82) is 0 Å². The molecule has 0 bridgehead atoms. The molecule has 22 heavy (non-hydrogen) atoms. The van der Waals surface area contributed by atoms with E-state index in [1.165, 1.54) is 0 Å². The Morgan fingerprint density at radius 2 is 2.00 bits per heavy atom. The van der Waals surface area contributed by atoms with Crippen LogP contribution in [0.25, 0.3) is 0 Å². The average Bonchev–Trinajstić information content (AvgIpc) is 2.54. The third-order valence-electron chi connectivity index (χ3n) is 3.82. The minimum atomic E-state index is -0.414. The molecule has 0 saturated carbocycles. The fourth-order valence-electron chi connectivity index (χ4n) is 2.56. The molecule has 0 spiro atoms. The molecule has 2 rings (SSSR count). The van der Waals surface area contributed by atoms with Gasteiger partial charge in [0.2, 0.25) is 5.91 Å². The van der Waals surface area contributed by atoms with Crippen LogP contribution < -0.4 is 5.32 Å². The fraction of sp³-hybridized carbons (Fsp3) is 0.529. The second kappa shape index (κ2) is 8.54. The van der Waals surface area contributed by atoms with Gasteiger partial charge in [-0.05, 0) is 44.2 Å². The number of ether oxygens (including phenoxy) is 2. The van der Waals surface area contributed by atoms with Crippen molar-refractivity contribution in [3.05, 3.63) is 29.8 Å². The maximum absolute atomic E-state index is 12.1. The lowest BCUT2D eigenvalue weighted by Gasteiger charge is -2.21. The minimum Gasteiger partial charge on any atom is -0.462 e. The highest BCUT2D eigenvalue weighted by Crippen LogP contribution is 2.21. The monoisotopic (exact) mass is 305 g/mol. The molecule has 1 fully saturated rings. The molecule has 1 aliphatic heterocycles. The molecule has 0 unspecified atom stereocenters. The Labute approximate surface area is 131 Å². The Hall–Kier alpha value is -1.88. The molecule has 1 N–H and O–H groups in total. The van der Waals surface area contributed by atoms with Crippen LogP contribution in [0.2, 0.25) is 0 Å². The largest absolute Gasteiger partial charge is 0.462 e. The zero-order chi connectivity index (χ0) is 15.8. The van der Waals surface area contributed by atoms with Crippen LogP contribution in [0.1, 0.15) is 43.0 Å². The van der Waals surface area contributed by atoms with E-state index in [0.717, 1.165) is 32.5 Å². The molecule has 0 atom stereocenters. The maximum atomic E-state index is 12.1. The molecule has 0 aliphatic carbocycles. The van der Waals surface area contributed by atoms with Crippen molar-refractivity contribution in [2.75, 3.05) is 25.1 Å². The Balaban J connectivity index is 1.89. The van der Waals surface area contributed by atoms with Gasteiger partial charge in [-0.25, -0.2) is 4.79 Å². The second-order valence-corrected chi connectivity index (χ2v) is 5.41. The van der Waals surface area contributed by atoms with E-state index < -0.39 is 5.97 Å². The molecule has 1 saturated heterocycles. The number of nitrogens with one attached hydrogen (secondary N) is 1. The number of carbonyl (C=O) groups is 2. The van der Waals surface area contributed by atoms with Crippen molar-refractivity contribution in [3.8, 4) is 0 Å². The van der Waals surface area contributed by atoms with Gasteiger partial charge in [0.25, 0.3) is 0 Å². The SMILES string of the molecule is CCOC(=O)c1ccccc1NC(=O)CCC1CCOCC1. The van der Waals surface area contributed by atoms with Crippen LogP contribution in [0.15, 0.2) is 24.3 Å². The van der Waals surface area contributed by atoms with E-state index in [9.17, 15) is 9.59 Å². The molecular weight excluding hydrogens is 282 g/mol. The Morgan fingerprint density at radius 1 is 1.27 bits per heavy atom. The molecule has 1 heterocycles. The number of esters is 1. The van der Waals surface area contributed by atoms with Crippen molar-refractivity contribution in [2.45, 2.75) is 32.6 Å². The first-order chi connectivity index (χ1) is 10.7. The molecule has 1 aromatic rings. The third-order valence-corrected chi connectivity index (χ3v) is 3.82. The molecule has 120 valence electrons. The highest BCUT2D eigenvalue weighted by molar-refractivity contribution is 6.01. The van der Waals surface area contributed by atoms with Crippen LogP contribution in [0.5, 0.6) is 0 Å². The molecular formula is C17H23NO4. The van der Waals surface area contributed by atoms with Crippen LogP contribution in [0.4, 0.5) is 5.69 Å². The van der Waals surface area contributed by atoms with E-state index in [4.69, 9.17) is 9.47 Å². The zero-order valence-electron chi connectivity index (χ0n) is 13.0. The summed E-state index contributed by atoms with van der Waals surface area (Å²) in [7, 11) is 0. The van der Waals surface area contributed by atoms with Gasteiger partial charge in [0.1, 0.15) is 0 Å². The summed E-state index contributed by atoms with van der Waals surface area (Å²) in [5.41, 5.74) is 0.904. The average molecular weight is 305 g/mol. The number of amides is 1. The summed E-state index contributed by atoms with van der Waals surface area (Å²) in [6, 6.07) is 6.92. The Kier molecular flexibility index (Phi) is 6.40. The number of benzene rings is 1. The molecule has 5 nitrogen and oxygen atoms in total. The van der Waals surface area contributed by atoms with Gasteiger partial charge in [-0.1, -0.05) is 12.1 Å². The highest BCUT2D eigenvalue weighted by atomic mass is 16.5. The summed E-state index contributed by atoms with van der Waals surface area (Å²) in [5, 5.41) is 2.82. The van der Waals surface area contributed by atoms with Crippen molar-refractivity contribution in [2.24, 2.45) is 5.92 Å². The van der Waals surface area contributed by atoms with Gasteiger partial charge in [0.05, 0.1) is 17.9 Å². The quantitative estimate of drug-likeness (QED) is 0.821. The lowest BCUT2D eigenvalue weighted by Crippen LogP contribution is -2.19. The van der Waals surface area contributed by atoms with Crippen molar-refractivity contribution >= 4 is 17.6 Å². The number of hydrogen-bond acceptors (Lipinski definition) is 4. The third kappa shape index (κ3) is 4.84. The summed E-state index contributed by atoms with van der Waals surface area (Å²) in [4.78, 5) is 24.0. The summed E-state index contributed by atoms with van der Waals surface area (Å²) in [6.45, 7) is 3.65. The maximum Gasteiger partial charge on any atom is 0.340 e. The van der Waals surface area contributed by atoms with E-state index in [1.807, 2.05) is 0 Å². The van der Waals surface area contributed by atoms with E-state index in [1.54, 1.807) is 31.2 Å². The smallest absolute Gasteiger partial charge is 0.340 e. The van der Waals surface area contributed by atoms with Gasteiger partial charge in [-0.15, -0.1) is 0 Å². The van der Waals surface area contributed by atoms with E-state index >= 15 is 0 Å². The molecule has 1 aliphatic rings. The van der Waals surface area contributed by atoms with Crippen LogP contribution in [0, 0.1) is 5.92 Å². The molecule has 1 amide bonds. The lowest BCUT2D eigenvalue weighted by molar-refractivity contribution is -0.116. The normalized spacial score (nSPS) is 15.3. The van der Waals surface area contributed by atoms with Gasteiger partial charge < -0.3 is 14.8 Å². The van der Waals surface area contributed by atoms with Gasteiger partial charge in [-0.2, -0.15) is 0 Å². The first-order valence-corrected chi connectivity index (χ1v) is 7.84. The first kappa shape index (κ1) is 16.5. The van der Waals surface area contributed by atoms with E-state index in [0.29, 0.717) is 30.2 Å². The standard InChI is InChI=1S/C17H23NO4/c1-2-22-17(20)14-5-3-4-6-15(14)18-16(19)8-7-13-9-11-21-12-10-13/h3-6,13H,2,7-12H2,1H3,(H,18,19). The molecule has 0 radical (unpaired) electrons. The van der Waals surface area contributed by atoms with E-state index in [2.05, 4.69) is 5.32 Å². The first-order valence-electron chi connectivity index (χ1n) is 7.84. The summed E-state index contributed by atoms with van der Waals surface area (Å²) < 4.78 is 10.3. The van der Waals surface area contributed by atoms with Crippen molar-refractivity contribution in [3.63, 3.8) is 0 Å². The number of anilines is 1. The topological polar surface area (TPSA) is 64.6 Å². The predicted octanol–water partition coefficient (Wildman–Crippen LogP) is 3.01. The highest BCUT2D eigenvalue weighted by Gasteiger charge is 2.17. The molecule has 5 heteroatoms. The number of hydrogen-bond donors (Lipinski definition) is 1. The van der Waals surface area contributed by atoms with Gasteiger partial charge in [0.15, 0.2) is 0 Å². The van der Waals surface area contributed by atoms with Crippen molar-refractivity contribution < 1.29 is 19.1 Å². The summed E-state index contributed by atoms with van der Waals surface area (Å²) in [5.74, 6) is 0.0749. The molecule has 0 aromatic heterocycles. The Bertz CT molecular complexity index is 509. The Morgan fingerprint density at radius 3 is 2.73 bits per heavy atom. The van der Waals surface area contributed by atoms with Gasteiger partial charge in [-0.3, -0.25) is 4.79 Å². The van der Waals surface area contributed by atoms with Crippen LogP contribution in [-0.2, 0) is 14.3 Å². The fourth-order valence-corrected chi connectivity index (χ4v) is 2.56. The summed E-state index contributed by atoms with van der Waals surface area (Å²) in [6.07, 6.45) is 3.36. The van der Waals surface area contributed by atoms with E-state index in [-0.39, 0.29) is 5.91 Å². The van der Waals surface area contributed by atoms with Gasteiger partial charge in [0, 0.05) is 19.6 Å². The van der Waals surface area contributed by atoms with Crippen LogP contribution in [0.3, 0.4) is 0 Å². The van der Waals surface area contributed by atoms with Gasteiger partial charge >= 0.3 is 5.97 Å². The number of rotatable bonds is 6. The van der Waals surface area contributed by atoms with Crippen LogP contribution in [-0.4, -0.2) is 31.7 Å². The number of para-hydroxylation sites is 1. The summed E-state index contributed by atoms with van der Waals surface area (Å²) >= 11 is 0. The number of carbonyl (C=O) groups excluding carboxylic acids is 2. The lowest BCUT2D eigenvalue weighted by atomic mass is 9.95. The zero-order valence-corrected chi connectivity index (χ0v) is 13.0. The second-order valence-electron chi connectivity index (χ2n) is 5.41. The minimum absolute atomic E-state index is 0.0664. The van der Waals surface area contributed by atoms with Crippen molar-refractivity contribution in [1.82, 2.24) is 0 Å². The molecule has 1 aromatic carbocycles. The van der Waals surface area contributed by atoms with Crippen LogP contribution >= 0.6 is 0 Å². The predicted molar refractivity (Wildman–Crippen MR) is 83.8 cm³/mol.